The molecule has 0 fully saturated rings. The van der Waals surface area contributed by atoms with Crippen molar-refractivity contribution >= 4 is 23.4 Å². The highest BCUT2D eigenvalue weighted by molar-refractivity contribution is 6.31. The number of nitrogens with one attached hydrogen (secondary N) is 1. The number of amides is 2. The minimum atomic E-state index is -0.649. The van der Waals surface area contributed by atoms with E-state index in [1.165, 1.54) is 0 Å². The molecule has 34 heavy (non-hydrogen) atoms. The van der Waals surface area contributed by atoms with Crippen LogP contribution < -0.4 is 5.32 Å². The number of benzene rings is 3. The predicted molar refractivity (Wildman–Crippen MR) is 139 cm³/mol. The molecule has 0 spiro atoms. The van der Waals surface area contributed by atoms with Crippen molar-refractivity contribution in [3.8, 4) is 0 Å². The van der Waals surface area contributed by atoms with Gasteiger partial charge in [-0.15, -0.1) is 0 Å². The Hall–Kier alpha value is -3.11. The van der Waals surface area contributed by atoms with Crippen LogP contribution in [0.3, 0.4) is 0 Å². The number of halogens is 1. The van der Waals surface area contributed by atoms with E-state index in [2.05, 4.69) is 11.4 Å². The maximum absolute atomic E-state index is 13.8. The zero-order chi connectivity index (χ0) is 24.5. The molecule has 0 aromatic heterocycles. The molecule has 1 N–H and O–H groups in total. The lowest BCUT2D eigenvalue weighted by Gasteiger charge is -2.32. The summed E-state index contributed by atoms with van der Waals surface area (Å²) in [5.74, 6) is -0.246. The number of aryl methyl sites for hydroxylation is 2. The molecule has 1 atom stereocenters. The minimum absolute atomic E-state index is 0.0995. The average molecular weight is 477 g/mol. The first-order chi connectivity index (χ1) is 16.4. The second kappa shape index (κ2) is 12.4. The first-order valence-corrected chi connectivity index (χ1v) is 12.2. The fraction of sp³-hybridized carbons (Fsp3) is 0.310. The maximum atomic E-state index is 13.8. The van der Waals surface area contributed by atoms with E-state index >= 15 is 0 Å². The van der Waals surface area contributed by atoms with Crippen molar-refractivity contribution in [2.24, 2.45) is 0 Å². The molecule has 0 aliphatic rings. The monoisotopic (exact) mass is 476 g/mol. The Labute approximate surface area is 207 Å². The van der Waals surface area contributed by atoms with E-state index < -0.39 is 6.04 Å². The van der Waals surface area contributed by atoms with Crippen molar-refractivity contribution in [2.75, 3.05) is 6.54 Å². The highest BCUT2D eigenvalue weighted by Gasteiger charge is 2.30. The number of hydrogen-bond donors (Lipinski definition) is 1. The summed E-state index contributed by atoms with van der Waals surface area (Å²) in [5.41, 5.74) is 4.99. The third kappa shape index (κ3) is 7.19. The number of carbonyl (C=O) groups excluding carboxylic acids is 2. The van der Waals surface area contributed by atoms with Gasteiger partial charge in [0.25, 0.3) is 0 Å². The third-order valence-corrected chi connectivity index (χ3v) is 6.12. The summed E-state index contributed by atoms with van der Waals surface area (Å²) >= 11 is 6.46. The van der Waals surface area contributed by atoms with Crippen LogP contribution >= 0.6 is 11.6 Å². The lowest BCUT2D eigenvalue weighted by Crippen LogP contribution is -2.51. The van der Waals surface area contributed by atoms with Gasteiger partial charge in [0.1, 0.15) is 6.04 Å². The normalized spacial score (nSPS) is 11.6. The molecular formula is C29H33ClN2O2. The van der Waals surface area contributed by atoms with Gasteiger partial charge in [0.05, 0.1) is 6.42 Å². The number of rotatable bonds is 10. The number of hydrogen-bond acceptors (Lipinski definition) is 2. The lowest BCUT2D eigenvalue weighted by atomic mass is 10.00. The standard InChI is InChI=1S/C29H33ClN2O2/c1-4-14-31-29(34)27(18-23-10-6-5-7-11-23)32(20-25-12-8-9-13-26(25)30)28(33)19-24-16-21(2)15-22(3)17-24/h5-13,15-17,27H,4,14,18-20H2,1-3H3,(H,31,34)/t27-/m0/s1. The molecule has 0 saturated heterocycles. The van der Waals surface area contributed by atoms with Crippen LogP contribution in [0.4, 0.5) is 0 Å². The SMILES string of the molecule is CCCNC(=O)[C@H](Cc1ccccc1)N(Cc1ccccc1Cl)C(=O)Cc1cc(C)cc(C)c1. The van der Waals surface area contributed by atoms with Crippen molar-refractivity contribution in [3.05, 3.63) is 106 Å². The molecule has 0 unspecified atom stereocenters. The second-order valence-corrected chi connectivity index (χ2v) is 9.19. The fourth-order valence-electron chi connectivity index (χ4n) is 4.18. The summed E-state index contributed by atoms with van der Waals surface area (Å²) in [6.07, 6.45) is 1.48. The van der Waals surface area contributed by atoms with Crippen LogP contribution in [-0.2, 0) is 29.0 Å². The Balaban J connectivity index is 1.98. The van der Waals surface area contributed by atoms with Gasteiger partial charge in [-0.3, -0.25) is 9.59 Å². The van der Waals surface area contributed by atoms with Gasteiger partial charge in [0.2, 0.25) is 11.8 Å². The summed E-state index contributed by atoms with van der Waals surface area (Å²) in [6, 6.07) is 22.8. The van der Waals surface area contributed by atoms with Gasteiger partial charge in [0.15, 0.2) is 0 Å². The lowest BCUT2D eigenvalue weighted by molar-refractivity contribution is -0.140. The Bertz CT molecular complexity index is 1090. The van der Waals surface area contributed by atoms with Crippen LogP contribution in [0, 0.1) is 13.8 Å². The van der Waals surface area contributed by atoms with E-state index in [1.807, 2.05) is 87.5 Å². The summed E-state index contributed by atoms with van der Waals surface area (Å²) in [6.45, 7) is 6.90. The number of carbonyl (C=O) groups is 2. The molecule has 3 aromatic carbocycles. The summed E-state index contributed by atoms with van der Waals surface area (Å²) in [7, 11) is 0. The van der Waals surface area contributed by atoms with E-state index in [4.69, 9.17) is 11.6 Å². The molecule has 0 heterocycles. The van der Waals surface area contributed by atoms with Crippen molar-refractivity contribution < 1.29 is 9.59 Å². The highest BCUT2D eigenvalue weighted by atomic mass is 35.5. The van der Waals surface area contributed by atoms with Crippen molar-refractivity contribution in [1.82, 2.24) is 10.2 Å². The molecule has 0 radical (unpaired) electrons. The molecule has 0 bridgehead atoms. The first kappa shape index (κ1) is 25.5. The van der Waals surface area contributed by atoms with Crippen LogP contribution in [-0.4, -0.2) is 29.3 Å². The zero-order valence-corrected chi connectivity index (χ0v) is 20.9. The predicted octanol–water partition coefficient (Wildman–Crippen LogP) is 5.67. The smallest absolute Gasteiger partial charge is 0.243 e. The number of nitrogens with zero attached hydrogens (tertiary/aromatic N) is 1. The Kier molecular flexibility index (Phi) is 9.29. The molecule has 178 valence electrons. The molecule has 0 saturated carbocycles. The van der Waals surface area contributed by atoms with Crippen LogP contribution in [0.5, 0.6) is 0 Å². The van der Waals surface area contributed by atoms with Gasteiger partial charge in [-0.2, -0.15) is 0 Å². The summed E-state index contributed by atoms with van der Waals surface area (Å²) in [4.78, 5) is 28.8. The molecule has 4 nitrogen and oxygen atoms in total. The van der Waals surface area contributed by atoms with Crippen LogP contribution in [0.1, 0.15) is 41.2 Å². The van der Waals surface area contributed by atoms with E-state index in [0.29, 0.717) is 18.0 Å². The van der Waals surface area contributed by atoms with E-state index in [0.717, 1.165) is 34.2 Å². The molecule has 3 rings (SSSR count). The molecule has 3 aromatic rings. The molecule has 2 amide bonds. The summed E-state index contributed by atoms with van der Waals surface area (Å²) < 4.78 is 0. The third-order valence-electron chi connectivity index (χ3n) is 5.76. The zero-order valence-electron chi connectivity index (χ0n) is 20.2. The molecule has 5 heteroatoms. The van der Waals surface area contributed by atoms with E-state index in [9.17, 15) is 9.59 Å². The van der Waals surface area contributed by atoms with Crippen molar-refractivity contribution in [1.29, 1.82) is 0 Å². The topological polar surface area (TPSA) is 49.4 Å². The van der Waals surface area contributed by atoms with Crippen LogP contribution in [0.2, 0.25) is 5.02 Å². The van der Waals surface area contributed by atoms with Crippen molar-refractivity contribution in [3.63, 3.8) is 0 Å². The molecular weight excluding hydrogens is 444 g/mol. The quantitative estimate of drug-likeness (QED) is 0.410. The Morgan fingerprint density at radius 1 is 0.912 bits per heavy atom. The van der Waals surface area contributed by atoms with Gasteiger partial charge in [-0.25, -0.2) is 0 Å². The van der Waals surface area contributed by atoms with Crippen LogP contribution in [0.25, 0.3) is 0 Å². The minimum Gasteiger partial charge on any atom is -0.354 e. The van der Waals surface area contributed by atoms with Gasteiger partial charge >= 0.3 is 0 Å². The molecule has 0 aliphatic carbocycles. The second-order valence-electron chi connectivity index (χ2n) is 8.78. The Morgan fingerprint density at radius 2 is 1.56 bits per heavy atom. The molecule has 0 aliphatic heterocycles. The first-order valence-electron chi connectivity index (χ1n) is 11.8. The fourth-order valence-corrected chi connectivity index (χ4v) is 4.37. The maximum Gasteiger partial charge on any atom is 0.243 e. The van der Waals surface area contributed by atoms with E-state index in [1.54, 1.807) is 4.90 Å². The van der Waals surface area contributed by atoms with Gasteiger partial charge in [0, 0.05) is 24.5 Å². The highest BCUT2D eigenvalue weighted by Crippen LogP contribution is 2.22. The van der Waals surface area contributed by atoms with Gasteiger partial charge in [-0.1, -0.05) is 96.4 Å². The van der Waals surface area contributed by atoms with Gasteiger partial charge < -0.3 is 10.2 Å². The van der Waals surface area contributed by atoms with Crippen LogP contribution in [0.15, 0.2) is 72.8 Å². The average Bonchev–Trinajstić information content (AvgIpc) is 2.80. The van der Waals surface area contributed by atoms with Gasteiger partial charge in [-0.05, 0) is 43.0 Å². The van der Waals surface area contributed by atoms with Crippen molar-refractivity contribution in [2.45, 2.75) is 52.6 Å². The largest absolute Gasteiger partial charge is 0.354 e. The summed E-state index contributed by atoms with van der Waals surface area (Å²) in [5, 5.41) is 3.59. The Morgan fingerprint density at radius 3 is 2.21 bits per heavy atom. The van der Waals surface area contributed by atoms with E-state index in [-0.39, 0.29) is 24.8 Å².